The van der Waals surface area contributed by atoms with Gasteiger partial charge in [-0.3, -0.25) is 19.2 Å². The van der Waals surface area contributed by atoms with Gasteiger partial charge in [-0.2, -0.15) is 5.10 Å². The number of aromatic nitrogens is 2. The highest BCUT2D eigenvalue weighted by Gasteiger charge is 2.14. The number of nitrogens with two attached hydrogens (primary N) is 1. The minimum Gasteiger partial charge on any atom is -0.480 e. The van der Waals surface area contributed by atoms with Gasteiger partial charge in [-0.15, -0.1) is 0 Å². The number of carboxylic acids is 1. The molecule has 0 bridgehead atoms. The third-order valence-electron chi connectivity index (χ3n) is 2.83. The van der Waals surface area contributed by atoms with Crippen LogP contribution >= 0.6 is 0 Å². The molecular weight excluding hydrogens is 248 g/mol. The molecule has 0 aliphatic heterocycles. The van der Waals surface area contributed by atoms with Crippen molar-refractivity contribution in [3.8, 4) is 0 Å². The minimum atomic E-state index is -0.998. The van der Waals surface area contributed by atoms with Gasteiger partial charge in [0.05, 0.1) is 18.8 Å². The summed E-state index contributed by atoms with van der Waals surface area (Å²) >= 11 is 0. The molecule has 0 radical (unpaired) electrons. The minimum absolute atomic E-state index is 0.0948. The second-order valence-electron chi connectivity index (χ2n) is 4.55. The fourth-order valence-electron chi connectivity index (χ4n) is 1.70. The van der Waals surface area contributed by atoms with Gasteiger partial charge in [-0.05, 0) is 19.4 Å². The first-order valence-electron chi connectivity index (χ1n) is 6.18. The summed E-state index contributed by atoms with van der Waals surface area (Å²) in [5.74, 6) is -1.55. The lowest BCUT2D eigenvalue weighted by Crippen LogP contribution is -2.37. The maximum absolute atomic E-state index is 10.9. The monoisotopic (exact) mass is 268 g/mol. The molecule has 106 valence electrons. The maximum atomic E-state index is 10.9. The largest absolute Gasteiger partial charge is 0.480 e. The first kappa shape index (κ1) is 15.2. The third-order valence-corrected chi connectivity index (χ3v) is 2.83. The Balaban J connectivity index is 2.69. The van der Waals surface area contributed by atoms with E-state index in [1.165, 1.54) is 4.90 Å². The SMILES string of the molecule is CCC(C)n1ccc(CN(CC(N)=O)CC(=O)O)n1. The molecule has 1 aromatic rings. The molecule has 0 saturated heterocycles. The molecule has 1 unspecified atom stereocenters. The zero-order chi connectivity index (χ0) is 14.4. The van der Waals surface area contributed by atoms with Crippen LogP contribution in [0.25, 0.3) is 0 Å². The van der Waals surface area contributed by atoms with Crippen molar-refractivity contribution in [2.45, 2.75) is 32.9 Å². The van der Waals surface area contributed by atoms with Crippen LogP contribution in [0.4, 0.5) is 0 Å². The number of aliphatic carboxylic acids is 1. The summed E-state index contributed by atoms with van der Waals surface area (Å²) in [5.41, 5.74) is 5.82. The van der Waals surface area contributed by atoms with Crippen LogP contribution < -0.4 is 5.73 Å². The molecule has 0 spiro atoms. The van der Waals surface area contributed by atoms with Crippen LogP contribution in [0.15, 0.2) is 12.3 Å². The average Bonchev–Trinajstić information content (AvgIpc) is 2.74. The Morgan fingerprint density at radius 3 is 2.74 bits per heavy atom. The number of hydrogen-bond acceptors (Lipinski definition) is 4. The fourth-order valence-corrected chi connectivity index (χ4v) is 1.70. The van der Waals surface area contributed by atoms with Crippen molar-refractivity contribution in [2.24, 2.45) is 5.73 Å². The first-order chi connectivity index (χ1) is 8.92. The van der Waals surface area contributed by atoms with Crippen molar-refractivity contribution in [2.75, 3.05) is 13.1 Å². The van der Waals surface area contributed by atoms with Crippen LogP contribution in [0.5, 0.6) is 0 Å². The van der Waals surface area contributed by atoms with E-state index in [0.29, 0.717) is 6.54 Å². The van der Waals surface area contributed by atoms with E-state index in [1.807, 2.05) is 16.9 Å². The number of carbonyl (C=O) groups excluding carboxylic acids is 1. The number of nitrogens with zero attached hydrogens (tertiary/aromatic N) is 3. The lowest BCUT2D eigenvalue weighted by atomic mass is 10.3. The highest BCUT2D eigenvalue weighted by atomic mass is 16.4. The summed E-state index contributed by atoms with van der Waals surface area (Å²) in [5, 5.41) is 13.2. The van der Waals surface area contributed by atoms with Crippen LogP contribution in [0.2, 0.25) is 0 Å². The van der Waals surface area contributed by atoms with E-state index < -0.39 is 11.9 Å². The number of hydrogen-bond donors (Lipinski definition) is 2. The Hall–Kier alpha value is -1.89. The van der Waals surface area contributed by atoms with Crippen LogP contribution in [-0.4, -0.2) is 44.8 Å². The van der Waals surface area contributed by atoms with Gasteiger partial charge in [-0.25, -0.2) is 0 Å². The molecule has 0 aliphatic rings. The summed E-state index contributed by atoms with van der Waals surface area (Å²) < 4.78 is 1.83. The molecule has 7 heteroatoms. The van der Waals surface area contributed by atoms with E-state index in [9.17, 15) is 9.59 Å². The van der Waals surface area contributed by atoms with Gasteiger partial charge in [0.2, 0.25) is 5.91 Å². The van der Waals surface area contributed by atoms with Crippen molar-refractivity contribution >= 4 is 11.9 Å². The average molecular weight is 268 g/mol. The highest BCUT2D eigenvalue weighted by Crippen LogP contribution is 2.10. The summed E-state index contributed by atoms with van der Waals surface area (Å²) in [6, 6.07) is 2.11. The molecule has 0 aromatic carbocycles. The second kappa shape index (κ2) is 6.89. The maximum Gasteiger partial charge on any atom is 0.317 e. The molecule has 1 amide bonds. The molecule has 19 heavy (non-hydrogen) atoms. The molecule has 0 aliphatic carbocycles. The molecule has 1 atom stereocenters. The summed E-state index contributed by atoms with van der Waals surface area (Å²) in [6.07, 6.45) is 2.81. The number of primary amides is 1. The quantitative estimate of drug-likeness (QED) is 0.702. The summed E-state index contributed by atoms with van der Waals surface area (Å²) in [4.78, 5) is 23.1. The van der Waals surface area contributed by atoms with Crippen LogP contribution in [0.1, 0.15) is 32.0 Å². The first-order valence-corrected chi connectivity index (χ1v) is 6.18. The Morgan fingerprint density at radius 2 is 2.21 bits per heavy atom. The molecule has 0 saturated carbocycles. The predicted molar refractivity (Wildman–Crippen MR) is 69.3 cm³/mol. The van der Waals surface area contributed by atoms with Crippen molar-refractivity contribution in [3.05, 3.63) is 18.0 Å². The molecule has 3 N–H and O–H groups in total. The third kappa shape index (κ3) is 5.09. The van der Waals surface area contributed by atoms with Crippen LogP contribution in [0, 0.1) is 0 Å². The van der Waals surface area contributed by atoms with E-state index in [-0.39, 0.29) is 19.1 Å². The molecule has 7 nitrogen and oxygen atoms in total. The van der Waals surface area contributed by atoms with Crippen LogP contribution in [-0.2, 0) is 16.1 Å². The van der Waals surface area contributed by atoms with Gasteiger partial charge < -0.3 is 10.8 Å². The standard InChI is InChI=1S/C12H20N4O3/c1-3-9(2)16-5-4-10(14-16)6-15(7-11(13)17)8-12(18)19/h4-5,9H,3,6-8H2,1-2H3,(H2,13,17)(H,18,19). The zero-order valence-electron chi connectivity index (χ0n) is 11.2. The van der Waals surface area contributed by atoms with Gasteiger partial charge >= 0.3 is 5.97 Å². The number of amides is 1. The van der Waals surface area contributed by atoms with Gasteiger partial charge in [0.25, 0.3) is 0 Å². The topological polar surface area (TPSA) is 101 Å². The van der Waals surface area contributed by atoms with Gasteiger partial charge in [0, 0.05) is 18.8 Å². The lowest BCUT2D eigenvalue weighted by Gasteiger charge is -2.17. The van der Waals surface area contributed by atoms with E-state index >= 15 is 0 Å². The Labute approximate surface area is 112 Å². The number of rotatable bonds is 8. The highest BCUT2D eigenvalue weighted by molar-refractivity contribution is 5.77. The van der Waals surface area contributed by atoms with Gasteiger partial charge in [0.15, 0.2) is 0 Å². The normalized spacial score (nSPS) is 12.6. The van der Waals surface area contributed by atoms with Crippen LogP contribution in [0.3, 0.4) is 0 Å². The van der Waals surface area contributed by atoms with Crippen molar-refractivity contribution < 1.29 is 14.7 Å². The molecule has 1 aromatic heterocycles. The van der Waals surface area contributed by atoms with E-state index in [2.05, 4.69) is 18.9 Å². The number of carbonyl (C=O) groups is 2. The summed E-state index contributed by atoms with van der Waals surface area (Å²) in [7, 11) is 0. The lowest BCUT2D eigenvalue weighted by molar-refractivity contribution is -0.138. The zero-order valence-corrected chi connectivity index (χ0v) is 11.2. The molecule has 0 fully saturated rings. The van der Waals surface area contributed by atoms with Gasteiger partial charge in [-0.1, -0.05) is 6.92 Å². The smallest absolute Gasteiger partial charge is 0.317 e. The van der Waals surface area contributed by atoms with E-state index in [4.69, 9.17) is 10.8 Å². The predicted octanol–water partition coefficient (Wildman–Crippen LogP) is 0.226. The number of carboxylic acid groups (broad SMARTS) is 1. The molecular formula is C12H20N4O3. The van der Waals surface area contributed by atoms with E-state index in [0.717, 1.165) is 12.1 Å². The Kier molecular flexibility index (Phi) is 5.50. The molecule has 1 heterocycles. The summed E-state index contributed by atoms with van der Waals surface area (Å²) in [6.45, 7) is 4.07. The van der Waals surface area contributed by atoms with E-state index in [1.54, 1.807) is 0 Å². The van der Waals surface area contributed by atoms with Crippen molar-refractivity contribution in [1.82, 2.24) is 14.7 Å². The second-order valence-corrected chi connectivity index (χ2v) is 4.55. The molecule has 1 rings (SSSR count). The van der Waals surface area contributed by atoms with Gasteiger partial charge in [0.1, 0.15) is 0 Å². The van der Waals surface area contributed by atoms with Crippen molar-refractivity contribution in [1.29, 1.82) is 0 Å². The van der Waals surface area contributed by atoms with Crippen molar-refractivity contribution in [3.63, 3.8) is 0 Å². The fraction of sp³-hybridized carbons (Fsp3) is 0.583. The Bertz CT molecular complexity index is 428. The Morgan fingerprint density at radius 1 is 1.53 bits per heavy atom.